The van der Waals surface area contributed by atoms with Crippen molar-refractivity contribution in [2.24, 2.45) is 0 Å². The van der Waals surface area contributed by atoms with Crippen LogP contribution in [-0.4, -0.2) is 10.2 Å². The van der Waals surface area contributed by atoms with Gasteiger partial charge >= 0.3 is 18.5 Å². The molecule has 1 aromatic heterocycles. The van der Waals surface area contributed by atoms with E-state index in [1.807, 2.05) is 0 Å². The maximum Gasteiger partial charge on any atom is 0.417 e. The summed E-state index contributed by atoms with van der Waals surface area (Å²) in [6.45, 7) is 1.65. The molecule has 0 N–H and O–H groups in total. The van der Waals surface area contributed by atoms with Gasteiger partial charge in [0.25, 0.3) is 0 Å². The molecule has 206 valence electrons. The maximum atomic E-state index is 14.5. The van der Waals surface area contributed by atoms with Crippen LogP contribution >= 0.6 is 0 Å². The molecular weight excluding hydrogens is 547 g/mol. The number of aromatic nitrogens is 2. The standard InChI is InChI=1S/C29H17F9N2/c1-14-15(2)22(27(30,31)32)24(29(36,37)38)23(28(33,34)35)21(14)26-20-13-18-11-7-6-10-17(18)12-19(20)25(39-40-26)16-8-4-3-5-9-16/h3-13H,1-2H3. The predicted octanol–water partition coefficient (Wildman–Crippen LogP) is 9.79. The van der Waals surface area contributed by atoms with Gasteiger partial charge < -0.3 is 0 Å². The van der Waals surface area contributed by atoms with E-state index in [2.05, 4.69) is 10.2 Å². The van der Waals surface area contributed by atoms with Crippen molar-refractivity contribution in [3.8, 4) is 22.5 Å². The SMILES string of the molecule is Cc1c(C)c(C(F)(F)F)c(C(F)(F)F)c(C(F)(F)F)c1-c1nnc(-c2ccccc2)c2cc3ccccc3cc12. The van der Waals surface area contributed by atoms with E-state index in [4.69, 9.17) is 0 Å². The lowest BCUT2D eigenvalue weighted by molar-refractivity contribution is -0.174. The molecule has 11 heteroatoms. The van der Waals surface area contributed by atoms with Gasteiger partial charge in [-0.15, -0.1) is 10.2 Å². The zero-order valence-corrected chi connectivity index (χ0v) is 20.6. The van der Waals surface area contributed by atoms with Crippen LogP contribution in [0.2, 0.25) is 0 Å². The Bertz CT molecular complexity index is 1770. The molecule has 40 heavy (non-hydrogen) atoms. The molecule has 0 radical (unpaired) electrons. The first-order valence-corrected chi connectivity index (χ1v) is 11.7. The average Bonchev–Trinajstić information content (AvgIpc) is 2.86. The third-order valence-electron chi connectivity index (χ3n) is 6.84. The van der Waals surface area contributed by atoms with Crippen LogP contribution in [0.5, 0.6) is 0 Å². The first-order valence-electron chi connectivity index (χ1n) is 11.7. The van der Waals surface area contributed by atoms with Crippen LogP contribution in [0.25, 0.3) is 44.1 Å². The summed E-state index contributed by atoms with van der Waals surface area (Å²) in [5.41, 5.74) is -10.2. The van der Waals surface area contributed by atoms with E-state index in [0.717, 1.165) is 13.8 Å². The Hall–Kier alpha value is -4.15. The molecule has 0 bridgehead atoms. The van der Waals surface area contributed by atoms with Crippen LogP contribution < -0.4 is 0 Å². The van der Waals surface area contributed by atoms with E-state index in [-0.39, 0.29) is 16.5 Å². The molecule has 4 aromatic carbocycles. The minimum absolute atomic E-state index is 0.00781. The van der Waals surface area contributed by atoms with Crippen molar-refractivity contribution in [2.75, 3.05) is 0 Å². The molecule has 0 saturated heterocycles. The summed E-state index contributed by atoms with van der Waals surface area (Å²) in [5.74, 6) is 0. The first kappa shape index (κ1) is 27.4. The van der Waals surface area contributed by atoms with E-state index in [1.54, 1.807) is 60.7 Å². The van der Waals surface area contributed by atoms with Crippen molar-refractivity contribution >= 4 is 21.5 Å². The molecule has 0 unspecified atom stereocenters. The first-order chi connectivity index (χ1) is 18.6. The summed E-state index contributed by atoms with van der Waals surface area (Å²) in [6, 6.07) is 18.3. The highest BCUT2D eigenvalue weighted by Gasteiger charge is 2.53. The van der Waals surface area contributed by atoms with Crippen molar-refractivity contribution in [3.05, 3.63) is 94.5 Å². The molecule has 2 nitrogen and oxygen atoms in total. The molecule has 0 spiro atoms. The Morgan fingerprint density at radius 3 is 1.45 bits per heavy atom. The van der Waals surface area contributed by atoms with Gasteiger partial charge in [0.2, 0.25) is 0 Å². The van der Waals surface area contributed by atoms with E-state index in [0.29, 0.717) is 16.3 Å². The minimum atomic E-state index is -5.98. The number of alkyl halides is 9. The van der Waals surface area contributed by atoms with Gasteiger partial charge in [-0.1, -0.05) is 54.6 Å². The summed E-state index contributed by atoms with van der Waals surface area (Å²) in [6.07, 6.45) is -17.5. The Kier molecular flexibility index (Phi) is 6.31. The van der Waals surface area contributed by atoms with Crippen LogP contribution in [0.1, 0.15) is 27.8 Å². The average molecular weight is 564 g/mol. The highest BCUT2D eigenvalue weighted by atomic mass is 19.4. The Labute approximate surface area is 221 Å². The van der Waals surface area contributed by atoms with Gasteiger partial charge in [-0.3, -0.25) is 0 Å². The number of halogens is 9. The topological polar surface area (TPSA) is 25.8 Å². The maximum absolute atomic E-state index is 14.5. The van der Waals surface area contributed by atoms with Gasteiger partial charge in [0.15, 0.2) is 0 Å². The summed E-state index contributed by atoms with van der Waals surface area (Å²) in [4.78, 5) is 0. The lowest BCUT2D eigenvalue weighted by atomic mass is 9.83. The monoisotopic (exact) mass is 564 g/mol. The number of benzene rings is 4. The number of nitrogens with zero attached hydrogens (tertiary/aromatic N) is 2. The molecule has 1 heterocycles. The van der Waals surface area contributed by atoms with Gasteiger partial charge in [0.05, 0.1) is 16.7 Å². The van der Waals surface area contributed by atoms with Gasteiger partial charge in [-0.25, -0.2) is 0 Å². The number of hydrogen-bond acceptors (Lipinski definition) is 2. The third-order valence-corrected chi connectivity index (χ3v) is 6.84. The second-order valence-electron chi connectivity index (χ2n) is 9.25. The highest BCUT2D eigenvalue weighted by molar-refractivity contribution is 6.09. The van der Waals surface area contributed by atoms with Crippen molar-refractivity contribution in [1.29, 1.82) is 0 Å². The van der Waals surface area contributed by atoms with Crippen LogP contribution in [0.3, 0.4) is 0 Å². The van der Waals surface area contributed by atoms with E-state index in [1.165, 1.54) is 6.07 Å². The number of hydrogen-bond donors (Lipinski definition) is 0. The van der Waals surface area contributed by atoms with Crippen molar-refractivity contribution in [2.45, 2.75) is 32.4 Å². The predicted molar refractivity (Wildman–Crippen MR) is 132 cm³/mol. The van der Waals surface area contributed by atoms with E-state index < -0.39 is 57.6 Å². The smallest absolute Gasteiger partial charge is 0.166 e. The largest absolute Gasteiger partial charge is 0.417 e. The van der Waals surface area contributed by atoms with E-state index in [9.17, 15) is 39.5 Å². The highest BCUT2D eigenvalue weighted by Crippen LogP contribution is 2.53. The molecule has 5 aromatic rings. The van der Waals surface area contributed by atoms with Gasteiger partial charge in [-0.05, 0) is 47.9 Å². The summed E-state index contributed by atoms with van der Waals surface area (Å²) >= 11 is 0. The zero-order valence-electron chi connectivity index (χ0n) is 20.6. The Morgan fingerprint density at radius 2 is 0.950 bits per heavy atom. The van der Waals surface area contributed by atoms with Crippen LogP contribution in [0.15, 0.2) is 66.7 Å². The normalized spacial score (nSPS) is 12.9. The molecular formula is C29H17F9N2. The van der Waals surface area contributed by atoms with Crippen LogP contribution in [-0.2, 0) is 18.5 Å². The molecule has 0 amide bonds. The molecule has 5 rings (SSSR count). The molecule has 0 atom stereocenters. The lowest BCUT2D eigenvalue weighted by Gasteiger charge is -2.27. The molecule has 0 fully saturated rings. The lowest BCUT2D eigenvalue weighted by Crippen LogP contribution is -2.26. The quantitative estimate of drug-likeness (QED) is 0.158. The molecule has 0 aliphatic rings. The number of rotatable bonds is 2. The van der Waals surface area contributed by atoms with E-state index >= 15 is 0 Å². The second-order valence-corrected chi connectivity index (χ2v) is 9.25. The fraction of sp³-hybridized carbons (Fsp3) is 0.172. The zero-order chi connectivity index (χ0) is 29.2. The fourth-order valence-corrected chi connectivity index (χ4v) is 5.05. The minimum Gasteiger partial charge on any atom is -0.166 e. The molecule has 0 saturated carbocycles. The van der Waals surface area contributed by atoms with Gasteiger partial charge in [-0.2, -0.15) is 39.5 Å². The number of fused-ring (bicyclic) bond motifs is 2. The van der Waals surface area contributed by atoms with Crippen molar-refractivity contribution in [3.63, 3.8) is 0 Å². The Morgan fingerprint density at radius 1 is 0.500 bits per heavy atom. The van der Waals surface area contributed by atoms with Gasteiger partial charge in [0.1, 0.15) is 11.4 Å². The van der Waals surface area contributed by atoms with Crippen LogP contribution in [0, 0.1) is 13.8 Å². The fourth-order valence-electron chi connectivity index (χ4n) is 5.05. The summed E-state index contributed by atoms with van der Waals surface area (Å²) in [7, 11) is 0. The Balaban J connectivity index is 2.02. The summed E-state index contributed by atoms with van der Waals surface area (Å²) < 4.78 is 128. The van der Waals surface area contributed by atoms with Gasteiger partial charge in [0, 0.05) is 21.9 Å². The van der Waals surface area contributed by atoms with Crippen molar-refractivity contribution < 1.29 is 39.5 Å². The molecule has 0 aliphatic heterocycles. The van der Waals surface area contributed by atoms with Crippen molar-refractivity contribution in [1.82, 2.24) is 10.2 Å². The third kappa shape index (κ3) is 4.52. The molecule has 0 aliphatic carbocycles. The van der Waals surface area contributed by atoms with Crippen LogP contribution in [0.4, 0.5) is 39.5 Å². The second kappa shape index (κ2) is 9.21. The summed E-state index contributed by atoms with van der Waals surface area (Å²) in [5, 5.41) is 9.53.